The third-order valence-electron chi connectivity index (χ3n) is 1.30. The Labute approximate surface area is 79.9 Å². The topological polar surface area (TPSA) is 76.2 Å². The van der Waals surface area contributed by atoms with Crippen molar-refractivity contribution in [2.24, 2.45) is 0 Å². The summed E-state index contributed by atoms with van der Waals surface area (Å²) in [7, 11) is 0. The molecule has 0 aliphatic rings. The monoisotopic (exact) mass is 216 g/mol. The highest BCUT2D eigenvalue weighted by molar-refractivity contribution is 7.81. The SMILES string of the molecule is O=S(O)c1nc(-c2ccco2)ns1. The molecule has 7 heteroatoms. The molecule has 2 heterocycles. The van der Waals surface area contributed by atoms with Gasteiger partial charge in [-0.05, 0) is 23.7 Å². The molecule has 0 spiro atoms. The molecule has 0 radical (unpaired) electrons. The van der Waals surface area contributed by atoms with Crippen LogP contribution in [0.15, 0.2) is 27.2 Å². The molecule has 5 nitrogen and oxygen atoms in total. The second-order valence-electron chi connectivity index (χ2n) is 2.11. The van der Waals surface area contributed by atoms with E-state index in [1.807, 2.05) is 0 Å². The fourth-order valence-electron chi connectivity index (χ4n) is 0.786. The van der Waals surface area contributed by atoms with Gasteiger partial charge in [0.05, 0.1) is 6.26 Å². The second-order valence-corrected chi connectivity index (χ2v) is 4.01. The molecule has 0 aromatic carbocycles. The van der Waals surface area contributed by atoms with Gasteiger partial charge in [-0.25, -0.2) is 9.19 Å². The van der Waals surface area contributed by atoms with Gasteiger partial charge < -0.3 is 8.97 Å². The zero-order valence-electron chi connectivity index (χ0n) is 6.21. The molecule has 0 saturated heterocycles. The minimum atomic E-state index is -2.07. The number of rotatable bonds is 2. The highest BCUT2D eigenvalue weighted by Crippen LogP contribution is 2.19. The van der Waals surface area contributed by atoms with Crippen molar-refractivity contribution in [1.82, 2.24) is 9.36 Å². The molecule has 68 valence electrons. The van der Waals surface area contributed by atoms with Crippen LogP contribution in [-0.4, -0.2) is 18.1 Å². The first kappa shape index (κ1) is 8.54. The van der Waals surface area contributed by atoms with E-state index in [2.05, 4.69) is 9.36 Å². The van der Waals surface area contributed by atoms with E-state index in [1.54, 1.807) is 12.1 Å². The van der Waals surface area contributed by atoms with E-state index in [4.69, 9.17) is 8.97 Å². The van der Waals surface area contributed by atoms with Crippen molar-refractivity contribution in [3.63, 3.8) is 0 Å². The van der Waals surface area contributed by atoms with Crippen molar-refractivity contribution in [2.75, 3.05) is 0 Å². The summed E-state index contributed by atoms with van der Waals surface area (Å²) < 4.78 is 28.2. The Morgan fingerprint density at radius 3 is 3.00 bits per heavy atom. The number of aromatic nitrogens is 2. The fraction of sp³-hybridized carbons (Fsp3) is 0. The van der Waals surface area contributed by atoms with Gasteiger partial charge in [-0.15, -0.1) is 0 Å². The molecule has 2 rings (SSSR count). The molecule has 0 amide bonds. The summed E-state index contributed by atoms with van der Waals surface area (Å²) >= 11 is -1.18. The first-order valence-electron chi connectivity index (χ1n) is 3.26. The fourth-order valence-corrected chi connectivity index (χ4v) is 1.74. The highest BCUT2D eigenvalue weighted by atomic mass is 32.2. The van der Waals surface area contributed by atoms with Crippen molar-refractivity contribution in [2.45, 2.75) is 4.34 Å². The predicted octanol–water partition coefficient (Wildman–Crippen LogP) is 1.38. The summed E-state index contributed by atoms with van der Waals surface area (Å²) in [6, 6.07) is 3.39. The molecule has 13 heavy (non-hydrogen) atoms. The highest BCUT2D eigenvalue weighted by Gasteiger charge is 2.11. The van der Waals surface area contributed by atoms with E-state index >= 15 is 0 Å². The van der Waals surface area contributed by atoms with E-state index in [0.29, 0.717) is 11.6 Å². The molecule has 1 unspecified atom stereocenters. The summed E-state index contributed by atoms with van der Waals surface area (Å²) in [5, 5.41) is 0. The van der Waals surface area contributed by atoms with Crippen LogP contribution in [0.2, 0.25) is 0 Å². The molecular formula is C6H4N2O3S2. The lowest BCUT2D eigenvalue weighted by Crippen LogP contribution is -1.85. The van der Waals surface area contributed by atoms with E-state index in [-0.39, 0.29) is 4.34 Å². The van der Waals surface area contributed by atoms with Gasteiger partial charge in [0.25, 0.3) is 0 Å². The lowest BCUT2D eigenvalue weighted by atomic mass is 10.4. The summed E-state index contributed by atoms with van der Waals surface area (Å²) in [4.78, 5) is 3.82. The van der Waals surface area contributed by atoms with Gasteiger partial charge in [-0.1, -0.05) is 0 Å². The first-order chi connectivity index (χ1) is 6.27. The Morgan fingerprint density at radius 1 is 1.62 bits per heavy atom. The third kappa shape index (κ3) is 1.67. The van der Waals surface area contributed by atoms with Gasteiger partial charge in [0, 0.05) is 0 Å². The van der Waals surface area contributed by atoms with Gasteiger partial charge in [0.15, 0.2) is 5.76 Å². The molecule has 0 saturated carbocycles. The standard InChI is InChI=1S/C6H4N2O3S2/c9-13(10)6-7-5(8-12-6)4-2-1-3-11-4/h1-3H,(H,9,10). The maximum absolute atomic E-state index is 10.6. The Bertz CT molecular complexity index is 423. The van der Waals surface area contributed by atoms with E-state index in [0.717, 1.165) is 11.5 Å². The molecule has 0 aliphatic heterocycles. The van der Waals surface area contributed by atoms with Gasteiger partial charge in [-0.2, -0.15) is 4.37 Å². The summed E-state index contributed by atoms with van der Waals surface area (Å²) in [5.41, 5.74) is 0. The predicted molar refractivity (Wildman–Crippen MR) is 46.6 cm³/mol. The maximum Gasteiger partial charge on any atom is 0.228 e. The van der Waals surface area contributed by atoms with Crippen molar-refractivity contribution in [1.29, 1.82) is 0 Å². The molecule has 1 N–H and O–H groups in total. The van der Waals surface area contributed by atoms with Crippen LogP contribution in [0.4, 0.5) is 0 Å². The van der Waals surface area contributed by atoms with Crippen LogP contribution < -0.4 is 0 Å². The number of hydrogen-bond acceptors (Lipinski definition) is 5. The molecule has 0 fully saturated rings. The van der Waals surface area contributed by atoms with Crippen molar-refractivity contribution in [3.8, 4) is 11.6 Å². The molecule has 2 aromatic rings. The van der Waals surface area contributed by atoms with E-state index < -0.39 is 11.1 Å². The summed E-state index contributed by atoms with van der Waals surface area (Å²) in [6.45, 7) is 0. The van der Waals surface area contributed by atoms with Crippen LogP contribution in [0.5, 0.6) is 0 Å². The average Bonchev–Trinajstić information content (AvgIpc) is 2.75. The zero-order chi connectivity index (χ0) is 9.26. The van der Waals surface area contributed by atoms with E-state index in [9.17, 15) is 4.21 Å². The quantitative estimate of drug-likeness (QED) is 0.767. The van der Waals surface area contributed by atoms with Crippen molar-refractivity contribution < 1.29 is 13.2 Å². The van der Waals surface area contributed by atoms with Crippen molar-refractivity contribution in [3.05, 3.63) is 18.4 Å². The number of furan rings is 1. The maximum atomic E-state index is 10.6. The Morgan fingerprint density at radius 2 is 2.46 bits per heavy atom. The number of nitrogens with zero attached hydrogens (tertiary/aromatic N) is 2. The first-order valence-corrected chi connectivity index (χ1v) is 5.14. The molecule has 2 aromatic heterocycles. The van der Waals surface area contributed by atoms with Gasteiger partial charge >= 0.3 is 0 Å². The van der Waals surface area contributed by atoms with Gasteiger partial charge in [0.2, 0.25) is 21.2 Å². The summed E-state index contributed by atoms with van der Waals surface area (Å²) in [5.74, 6) is 0.834. The minimum Gasteiger partial charge on any atom is -0.461 e. The molecule has 0 aliphatic carbocycles. The van der Waals surface area contributed by atoms with Crippen LogP contribution in [0.3, 0.4) is 0 Å². The Kier molecular flexibility index (Phi) is 2.21. The van der Waals surface area contributed by atoms with Crippen LogP contribution in [0, 0.1) is 0 Å². The smallest absolute Gasteiger partial charge is 0.228 e. The Hall–Kier alpha value is -1.05. The van der Waals surface area contributed by atoms with Gasteiger partial charge in [0.1, 0.15) is 0 Å². The van der Waals surface area contributed by atoms with E-state index in [1.165, 1.54) is 6.26 Å². The molecule has 1 atom stereocenters. The van der Waals surface area contributed by atoms with Crippen LogP contribution in [0.25, 0.3) is 11.6 Å². The molecule has 0 bridgehead atoms. The van der Waals surface area contributed by atoms with Crippen LogP contribution in [-0.2, 0) is 11.1 Å². The number of hydrogen-bond donors (Lipinski definition) is 1. The molecular weight excluding hydrogens is 212 g/mol. The van der Waals surface area contributed by atoms with Crippen LogP contribution >= 0.6 is 11.5 Å². The Balaban J connectivity index is 2.39. The van der Waals surface area contributed by atoms with Crippen molar-refractivity contribution >= 4 is 22.6 Å². The summed E-state index contributed by atoms with van der Waals surface area (Å²) in [6.07, 6.45) is 1.49. The lowest BCUT2D eigenvalue weighted by Gasteiger charge is -1.84. The zero-order valence-corrected chi connectivity index (χ0v) is 7.84. The van der Waals surface area contributed by atoms with Gasteiger partial charge in [-0.3, -0.25) is 0 Å². The van der Waals surface area contributed by atoms with Crippen LogP contribution in [0.1, 0.15) is 0 Å². The average molecular weight is 216 g/mol. The third-order valence-corrected chi connectivity index (χ3v) is 2.85. The largest absolute Gasteiger partial charge is 0.461 e. The lowest BCUT2D eigenvalue weighted by molar-refractivity contribution is 0.562. The minimum absolute atomic E-state index is 0.0754. The second kappa shape index (κ2) is 3.36. The normalized spacial score (nSPS) is 13.0.